The Kier molecular flexibility index (Phi) is 4.06. The molecule has 0 aliphatic carbocycles. The number of halogens is 2. The van der Waals surface area contributed by atoms with Crippen molar-refractivity contribution >= 4 is 0 Å². The molecule has 1 heterocycles. The zero-order valence-electron chi connectivity index (χ0n) is 9.73. The predicted molar refractivity (Wildman–Crippen MR) is 58.1 cm³/mol. The molecule has 0 aromatic carbocycles. The molecule has 4 heteroatoms. The second kappa shape index (κ2) is 4.74. The fraction of sp³-hybridized carbons (Fsp3) is 1.00. The van der Waals surface area contributed by atoms with Gasteiger partial charge in [-0.15, -0.1) is 0 Å². The van der Waals surface area contributed by atoms with Gasteiger partial charge in [-0.1, -0.05) is 13.8 Å². The molecule has 0 saturated carbocycles. The first-order valence-electron chi connectivity index (χ1n) is 5.65. The molecule has 0 atom stereocenters. The number of alkyl halides is 2. The molecule has 1 fully saturated rings. The van der Waals surface area contributed by atoms with E-state index < -0.39 is 5.92 Å². The van der Waals surface area contributed by atoms with Crippen molar-refractivity contribution in [3.63, 3.8) is 0 Å². The monoisotopic (exact) mass is 220 g/mol. The molecule has 0 spiro atoms. The van der Waals surface area contributed by atoms with E-state index in [1.807, 2.05) is 0 Å². The van der Waals surface area contributed by atoms with Crippen molar-refractivity contribution in [1.29, 1.82) is 0 Å². The van der Waals surface area contributed by atoms with Crippen molar-refractivity contribution in [2.45, 2.75) is 39.0 Å². The van der Waals surface area contributed by atoms with E-state index in [1.54, 1.807) is 0 Å². The Hall–Kier alpha value is -0.220. The van der Waals surface area contributed by atoms with Crippen molar-refractivity contribution in [3.8, 4) is 0 Å². The standard InChI is InChI=1S/C11H22F2N2/c1-10(2,3-6-14)9-15-7-4-11(12,13)5-8-15/h3-9,14H2,1-2H3. The zero-order valence-corrected chi connectivity index (χ0v) is 9.73. The molecule has 1 saturated heterocycles. The topological polar surface area (TPSA) is 29.3 Å². The number of nitrogens with two attached hydrogens (primary N) is 1. The third-order valence-electron chi connectivity index (χ3n) is 3.06. The summed E-state index contributed by atoms with van der Waals surface area (Å²) < 4.78 is 25.8. The Labute approximate surface area is 90.8 Å². The first kappa shape index (κ1) is 12.8. The molecule has 0 aromatic rings. The lowest BCUT2D eigenvalue weighted by molar-refractivity contribution is -0.0605. The Bertz CT molecular complexity index is 195. The van der Waals surface area contributed by atoms with E-state index >= 15 is 0 Å². The number of piperidine rings is 1. The molecular weight excluding hydrogens is 198 g/mol. The highest BCUT2D eigenvalue weighted by Gasteiger charge is 2.35. The lowest BCUT2D eigenvalue weighted by atomic mass is 9.88. The molecule has 2 nitrogen and oxygen atoms in total. The van der Waals surface area contributed by atoms with Gasteiger partial charge in [-0.25, -0.2) is 8.78 Å². The zero-order chi connectivity index (χ0) is 11.5. The normalized spacial score (nSPS) is 23.0. The van der Waals surface area contributed by atoms with Gasteiger partial charge in [0, 0.05) is 32.5 Å². The van der Waals surface area contributed by atoms with Crippen molar-refractivity contribution in [3.05, 3.63) is 0 Å². The highest BCUT2D eigenvalue weighted by Crippen LogP contribution is 2.30. The fourth-order valence-electron chi connectivity index (χ4n) is 2.11. The summed E-state index contributed by atoms with van der Waals surface area (Å²) in [7, 11) is 0. The van der Waals surface area contributed by atoms with Crippen molar-refractivity contribution in [2.75, 3.05) is 26.2 Å². The van der Waals surface area contributed by atoms with Crippen LogP contribution in [-0.2, 0) is 0 Å². The van der Waals surface area contributed by atoms with Crippen LogP contribution in [0.4, 0.5) is 8.78 Å². The van der Waals surface area contributed by atoms with E-state index in [0.717, 1.165) is 13.0 Å². The van der Waals surface area contributed by atoms with Gasteiger partial charge in [-0.3, -0.25) is 0 Å². The molecule has 0 aromatic heterocycles. The highest BCUT2D eigenvalue weighted by molar-refractivity contribution is 4.81. The van der Waals surface area contributed by atoms with Gasteiger partial charge in [0.05, 0.1) is 0 Å². The average molecular weight is 220 g/mol. The molecule has 90 valence electrons. The number of rotatable bonds is 4. The summed E-state index contributed by atoms with van der Waals surface area (Å²) in [6, 6.07) is 0. The van der Waals surface area contributed by atoms with Crippen LogP contribution < -0.4 is 5.73 Å². The smallest absolute Gasteiger partial charge is 0.250 e. The highest BCUT2D eigenvalue weighted by atomic mass is 19.3. The van der Waals surface area contributed by atoms with Crippen LogP contribution in [0.15, 0.2) is 0 Å². The van der Waals surface area contributed by atoms with Gasteiger partial charge >= 0.3 is 0 Å². The van der Waals surface area contributed by atoms with Crippen LogP contribution in [0.3, 0.4) is 0 Å². The molecule has 1 rings (SSSR count). The Balaban J connectivity index is 2.35. The van der Waals surface area contributed by atoms with Crippen LogP contribution in [0.5, 0.6) is 0 Å². The van der Waals surface area contributed by atoms with Crippen LogP contribution in [0.1, 0.15) is 33.1 Å². The summed E-state index contributed by atoms with van der Waals surface area (Å²) in [6.07, 6.45) is 0.956. The molecule has 2 N–H and O–H groups in total. The number of hydrogen-bond acceptors (Lipinski definition) is 2. The molecule has 15 heavy (non-hydrogen) atoms. The van der Waals surface area contributed by atoms with Gasteiger partial charge in [-0.2, -0.15) is 0 Å². The first-order valence-corrected chi connectivity index (χ1v) is 5.65. The molecule has 0 bridgehead atoms. The second-order valence-corrected chi connectivity index (χ2v) is 5.33. The van der Waals surface area contributed by atoms with Crippen molar-refractivity contribution in [1.82, 2.24) is 4.90 Å². The molecule has 0 unspecified atom stereocenters. The van der Waals surface area contributed by atoms with Crippen molar-refractivity contribution in [2.24, 2.45) is 11.1 Å². The fourth-order valence-corrected chi connectivity index (χ4v) is 2.11. The summed E-state index contributed by atoms with van der Waals surface area (Å²) in [6.45, 7) is 6.86. The summed E-state index contributed by atoms with van der Waals surface area (Å²) >= 11 is 0. The molecule has 0 amide bonds. The van der Waals surface area contributed by atoms with E-state index in [2.05, 4.69) is 18.7 Å². The van der Waals surface area contributed by atoms with E-state index in [-0.39, 0.29) is 18.3 Å². The molecule has 0 radical (unpaired) electrons. The van der Waals surface area contributed by atoms with Crippen molar-refractivity contribution < 1.29 is 8.78 Å². The molecular formula is C11H22F2N2. The minimum atomic E-state index is -2.44. The maximum Gasteiger partial charge on any atom is 0.250 e. The average Bonchev–Trinajstić information content (AvgIpc) is 2.08. The van der Waals surface area contributed by atoms with Crippen LogP contribution in [0, 0.1) is 5.41 Å². The minimum absolute atomic E-state index is 0.00566. The second-order valence-electron chi connectivity index (χ2n) is 5.33. The quantitative estimate of drug-likeness (QED) is 0.786. The SMILES string of the molecule is CC(C)(CCN)CN1CCC(F)(F)CC1. The summed E-state index contributed by atoms with van der Waals surface area (Å²) in [5.41, 5.74) is 5.66. The first-order chi connectivity index (χ1) is 6.85. The van der Waals surface area contributed by atoms with E-state index in [0.29, 0.717) is 19.6 Å². The van der Waals surface area contributed by atoms with Gasteiger partial charge in [0.25, 0.3) is 5.92 Å². The summed E-state index contributed by atoms with van der Waals surface area (Å²) in [5.74, 6) is -2.44. The van der Waals surface area contributed by atoms with E-state index in [9.17, 15) is 8.78 Å². The van der Waals surface area contributed by atoms with E-state index in [4.69, 9.17) is 5.73 Å². The van der Waals surface area contributed by atoms with Crippen LogP contribution in [-0.4, -0.2) is 37.0 Å². The van der Waals surface area contributed by atoms with Crippen LogP contribution in [0.25, 0.3) is 0 Å². The Morgan fingerprint density at radius 1 is 1.27 bits per heavy atom. The Morgan fingerprint density at radius 3 is 2.27 bits per heavy atom. The van der Waals surface area contributed by atoms with Crippen LogP contribution >= 0.6 is 0 Å². The number of likely N-dealkylation sites (tertiary alicyclic amines) is 1. The predicted octanol–water partition coefficient (Wildman–Crippen LogP) is 2.09. The van der Waals surface area contributed by atoms with Gasteiger partial charge in [0.15, 0.2) is 0 Å². The summed E-state index contributed by atoms with van der Waals surface area (Å²) in [5, 5.41) is 0. The maximum absolute atomic E-state index is 12.9. The van der Waals surface area contributed by atoms with Gasteiger partial charge in [-0.05, 0) is 18.4 Å². The molecule has 1 aliphatic rings. The third kappa shape index (κ3) is 4.43. The number of hydrogen-bond donors (Lipinski definition) is 1. The van der Waals surface area contributed by atoms with Gasteiger partial charge in [0.1, 0.15) is 0 Å². The van der Waals surface area contributed by atoms with Gasteiger partial charge < -0.3 is 10.6 Å². The lowest BCUT2D eigenvalue weighted by Crippen LogP contribution is -2.44. The maximum atomic E-state index is 12.9. The largest absolute Gasteiger partial charge is 0.330 e. The summed E-state index contributed by atoms with van der Waals surface area (Å²) in [4.78, 5) is 2.13. The lowest BCUT2D eigenvalue weighted by Gasteiger charge is -2.37. The van der Waals surface area contributed by atoms with Crippen LogP contribution in [0.2, 0.25) is 0 Å². The minimum Gasteiger partial charge on any atom is -0.330 e. The van der Waals surface area contributed by atoms with E-state index in [1.165, 1.54) is 0 Å². The number of nitrogens with zero attached hydrogens (tertiary/aromatic N) is 1. The van der Waals surface area contributed by atoms with Gasteiger partial charge in [0.2, 0.25) is 0 Å². The Morgan fingerprint density at radius 2 is 1.80 bits per heavy atom. The molecule has 1 aliphatic heterocycles. The third-order valence-corrected chi connectivity index (χ3v) is 3.06.